The van der Waals surface area contributed by atoms with Crippen LogP contribution in [0.15, 0.2) is 24.3 Å². The van der Waals surface area contributed by atoms with Gasteiger partial charge in [0.05, 0.1) is 6.10 Å². The number of fused-ring (bicyclic) bond motifs is 1. The third-order valence-corrected chi connectivity index (χ3v) is 7.16. The van der Waals surface area contributed by atoms with Gasteiger partial charge in [0.2, 0.25) is 11.8 Å². The number of halogens is 1. The molecular weight excluding hydrogens is 399 g/mol. The second-order valence-corrected chi connectivity index (χ2v) is 9.11. The fourth-order valence-electron chi connectivity index (χ4n) is 5.21. The molecule has 0 radical (unpaired) electrons. The first-order chi connectivity index (χ1) is 14.9. The molecule has 0 saturated carbocycles. The quantitative estimate of drug-likeness (QED) is 0.725. The van der Waals surface area contributed by atoms with Gasteiger partial charge in [0.1, 0.15) is 11.9 Å². The van der Waals surface area contributed by atoms with Gasteiger partial charge in [0.15, 0.2) is 0 Å². The molecule has 7 nitrogen and oxygen atoms in total. The Hall–Kier alpha value is -2.03. The highest BCUT2D eigenvalue weighted by molar-refractivity contribution is 5.83. The lowest BCUT2D eigenvalue weighted by atomic mass is 10.0. The van der Waals surface area contributed by atoms with Crippen molar-refractivity contribution < 1.29 is 19.1 Å². The number of amides is 2. The van der Waals surface area contributed by atoms with Crippen molar-refractivity contribution in [3.63, 3.8) is 0 Å². The van der Waals surface area contributed by atoms with Gasteiger partial charge in [-0.2, -0.15) is 0 Å². The van der Waals surface area contributed by atoms with E-state index in [-0.39, 0.29) is 41.9 Å². The summed E-state index contributed by atoms with van der Waals surface area (Å²) in [5.41, 5.74) is 0.996. The van der Waals surface area contributed by atoms with Crippen molar-refractivity contribution in [3.05, 3.63) is 35.6 Å². The van der Waals surface area contributed by atoms with Crippen molar-refractivity contribution in [2.75, 3.05) is 33.2 Å². The Morgan fingerprint density at radius 3 is 2.58 bits per heavy atom. The minimum atomic E-state index is -0.288. The number of nitrogens with zero attached hydrogens (tertiary/aromatic N) is 3. The number of benzene rings is 1. The molecule has 1 aromatic carbocycles. The van der Waals surface area contributed by atoms with Crippen molar-refractivity contribution in [1.29, 1.82) is 0 Å². The Balaban J connectivity index is 1.35. The maximum Gasteiger partial charge on any atom is 0.239 e. The number of likely N-dealkylation sites (tertiary alicyclic amines) is 2. The highest BCUT2D eigenvalue weighted by Gasteiger charge is 2.45. The lowest BCUT2D eigenvalue weighted by Gasteiger charge is -2.34. The summed E-state index contributed by atoms with van der Waals surface area (Å²) in [5, 5.41) is 12.7. The van der Waals surface area contributed by atoms with Crippen LogP contribution in [0, 0.1) is 5.82 Å². The topological polar surface area (TPSA) is 76.1 Å². The third kappa shape index (κ3) is 5.07. The molecule has 31 heavy (non-hydrogen) atoms. The molecule has 3 fully saturated rings. The Morgan fingerprint density at radius 1 is 1.16 bits per heavy atom. The second kappa shape index (κ2) is 9.63. The zero-order valence-electron chi connectivity index (χ0n) is 18.2. The van der Waals surface area contributed by atoms with E-state index in [2.05, 4.69) is 22.2 Å². The van der Waals surface area contributed by atoms with E-state index in [9.17, 15) is 19.1 Å². The molecule has 8 heteroatoms. The number of aliphatic hydroxyl groups is 1. The summed E-state index contributed by atoms with van der Waals surface area (Å²) >= 11 is 0. The number of likely N-dealkylation sites (N-methyl/N-ethyl adjacent to an activating group) is 1. The first-order valence-electron chi connectivity index (χ1n) is 11.4. The van der Waals surface area contributed by atoms with Crippen LogP contribution >= 0.6 is 0 Å². The number of aliphatic hydroxyl groups excluding tert-OH is 1. The monoisotopic (exact) mass is 432 g/mol. The van der Waals surface area contributed by atoms with Crippen LogP contribution in [0.5, 0.6) is 0 Å². The maximum atomic E-state index is 13.2. The van der Waals surface area contributed by atoms with Crippen LogP contribution in [0.3, 0.4) is 0 Å². The predicted molar refractivity (Wildman–Crippen MR) is 115 cm³/mol. The Labute approximate surface area is 183 Å². The minimum Gasteiger partial charge on any atom is -0.393 e. The van der Waals surface area contributed by atoms with Gasteiger partial charge in [0, 0.05) is 51.2 Å². The molecule has 0 spiro atoms. The number of rotatable bonds is 5. The number of nitrogens with one attached hydrogen (secondary N) is 1. The molecule has 2 amide bonds. The van der Waals surface area contributed by atoms with Gasteiger partial charge in [-0.25, -0.2) is 4.39 Å². The smallest absolute Gasteiger partial charge is 0.239 e. The van der Waals surface area contributed by atoms with Crippen LogP contribution in [0.4, 0.5) is 4.39 Å². The molecule has 3 aliphatic heterocycles. The van der Waals surface area contributed by atoms with Gasteiger partial charge >= 0.3 is 0 Å². The van der Waals surface area contributed by atoms with E-state index in [0.717, 1.165) is 18.5 Å². The van der Waals surface area contributed by atoms with Crippen LogP contribution in [0.2, 0.25) is 0 Å². The summed E-state index contributed by atoms with van der Waals surface area (Å²) in [5.74, 6) is -0.0831. The molecule has 4 rings (SSSR count). The maximum absolute atomic E-state index is 13.2. The van der Waals surface area contributed by atoms with E-state index < -0.39 is 0 Å². The summed E-state index contributed by atoms with van der Waals surface area (Å²) < 4.78 is 13.2. The first-order valence-corrected chi connectivity index (χ1v) is 11.4. The summed E-state index contributed by atoms with van der Waals surface area (Å²) in [6, 6.07) is 6.44. The van der Waals surface area contributed by atoms with Crippen LogP contribution in [-0.4, -0.2) is 89.1 Å². The Kier molecular flexibility index (Phi) is 6.89. The van der Waals surface area contributed by atoms with Crippen LogP contribution in [0.1, 0.15) is 37.7 Å². The van der Waals surface area contributed by atoms with Gasteiger partial charge in [-0.1, -0.05) is 12.1 Å². The van der Waals surface area contributed by atoms with Crippen molar-refractivity contribution >= 4 is 11.8 Å². The molecule has 0 aliphatic carbocycles. The van der Waals surface area contributed by atoms with E-state index in [1.54, 1.807) is 12.1 Å². The molecule has 3 aliphatic rings. The zero-order valence-corrected chi connectivity index (χ0v) is 18.2. The minimum absolute atomic E-state index is 0.0373. The molecular formula is C23H33FN4O3. The van der Waals surface area contributed by atoms with E-state index in [1.165, 1.54) is 12.1 Å². The summed E-state index contributed by atoms with van der Waals surface area (Å²) in [6.07, 6.45) is 3.07. The molecule has 2 N–H and O–H groups in total. The van der Waals surface area contributed by atoms with Gasteiger partial charge in [-0.05, 0) is 50.4 Å². The van der Waals surface area contributed by atoms with E-state index >= 15 is 0 Å². The van der Waals surface area contributed by atoms with E-state index in [1.807, 2.05) is 4.90 Å². The zero-order chi connectivity index (χ0) is 22.0. The van der Waals surface area contributed by atoms with E-state index in [0.29, 0.717) is 51.9 Å². The molecule has 3 saturated heterocycles. The van der Waals surface area contributed by atoms with Gasteiger partial charge in [-0.15, -0.1) is 0 Å². The van der Waals surface area contributed by atoms with Gasteiger partial charge in [0.25, 0.3) is 0 Å². The fourth-order valence-corrected chi connectivity index (χ4v) is 5.21. The highest BCUT2D eigenvalue weighted by atomic mass is 19.1. The van der Waals surface area contributed by atoms with Crippen LogP contribution < -0.4 is 5.32 Å². The average molecular weight is 433 g/mol. The normalized spacial score (nSPS) is 28.3. The molecule has 0 unspecified atom stereocenters. The largest absolute Gasteiger partial charge is 0.393 e. The Bertz CT molecular complexity index is 782. The molecule has 0 bridgehead atoms. The SMILES string of the molecule is CN1[C@@H](CCC(=O)N2CCC(O)CC2)CNC(=O)[C@@H]2[C@H]1CCN2Cc1ccc(F)cc1. The molecule has 0 aromatic heterocycles. The lowest BCUT2D eigenvalue weighted by Crippen LogP contribution is -2.49. The molecule has 3 atom stereocenters. The fraction of sp³-hybridized carbons (Fsp3) is 0.652. The average Bonchev–Trinajstić information content (AvgIpc) is 3.13. The predicted octanol–water partition coefficient (Wildman–Crippen LogP) is 0.962. The summed E-state index contributed by atoms with van der Waals surface area (Å²) in [6.45, 7) is 3.22. The molecule has 1 aromatic rings. The third-order valence-electron chi connectivity index (χ3n) is 7.16. The number of carbonyl (C=O) groups excluding carboxylic acids is 2. The van der Waals surface area contributed by atoms with Crippen molar-refractivity contribution in [2.24, 2.45) is 0 Å². The summed E-state index contributed by atoms with van der Waals surface area (Å²) in [7, 11) is 2.06. The standard InChI is InChI=1S/C23H33FN4O3/c1-26-18(6-7-21(30)27-11-8-19(29)9-12-27)14-25-23(31)22-20(26)10-13-28(22)15-16-2-4-17(24)5-3-16/h2-5,18-20,22,29H,6-15H2,1H3,(H,25,31)/t18-,20+,22-/m0/s1. The van der Waals surface area contributed by atoms with Gasteiger partial charge < -0.3 is 15.3 Å². The Morgan fingerprint density at radius 2 is 1.87 bits per heavy atom. The second-order valence-electron chi connectivity index (χ2n) is 9.11. The number of carbonyl (C=O) groups is 2. The highest BCUT2D eigenvalue weighted by Crippen LogP contribution is 2.28. The van der Waals surface area contributed by atoms with Crippen molar-refractivity contribution in [3.8, 4) is 0 Å². The molecule has 3 heterocycles. The summed E-state index contributed by atoms with van der Waals surface area (Å²) in [4.78, 5) is 31.8. The first kappa shape index (κ1) is 22.2. The van der Waals surface area contributed by atoms with Gasteiger partial charge in [-0.3, -0.25) is 19.4 Å². The van der Waals surface area contributed by atoms with Crippen LogP contribution in [-0.2, 0) is 16.1 Å². The number of hydrogen-bond donors (Lipinski definition) is 2. The number of hydrogen-bond acceptors (Lipinski definition) is 5. The van der Waals surface area contributed by atoms with Crippen molar-refractivity contribution in [1.82, 2.24) is 20.0 Å². The molecule has 170 valence electrons. The van der Waals surface area contributed by atoms with E-state index in [4.69, 9.17) is 0 Å². The lowest BCUT2D eigenvalue weighted by molar-refractivity contribution is -0.133. The van der Waals surface area contributed by atoms with Crippen LogP contribution in [0.25, 0.3) is 0 Å². The van der Waals surface area contributed by atoms with Crippen molar-refractivity contribution in [2.45, 2.75) is 62.9 Å². The number of piperidine rings is 1.